The van der Waals surface area contributed by atoms with E-state index in [0.717, 1.165) is 64.6 Å². The Morgan fingerprint density at radius 2 is 1.71 bits per heavy atom. The molecule has 2 heterocycles. The van der Waals surface area contributed by atoms with Gasteiger partial charge in [0, 0.05) is 51.4 Å². The highest BCUT2D eigenvalue weighted by Gasteiger charge is 2.18. The van der Waals surface area contributed by atoms with Gasteiger partial charge in [-0.05, 0) is 17.7 Å². The van der Waals surface area contributed by atoms with Gasteiger partial charge in [0.05, 0.1) is 13.2 Å². The van der Waals surface area contributed by atoms with Gasteiger partial charge in [0.15, 0.2) is 0 Å². The highest BCUT2D eigenvalue weighted by Crippen LogP contribution is 2.11. The lowest BCUT2D eigenvalue weighted by molar-refractivity contribution is 0.0342. The van der Waals surface area contributed by atoms with Gasteiger partial charge < -0.3 is 15.0 Å². The zero-order valence-electron chi connectivity index (χ0n) is 12.4. The fourth-order valence-electron chi connectivity index (χ4n) is 2.82. The quantitative estimate of drug-likeness (QED) is 0.883. The summed E-state index contributed by atoms with van der Waals surface area (Å²) in [4.78, 5) is 16.7. The number of ether oxygens (including phenoxy) is 1. The first-order chi connectivity index (χ1) is 10.3. The Balaban J connectivity index is 1.59. The SMILES string of the molecule is O=C(c1ccc(CN2CCOCC2)cc1)N1CCNCC1. The summed E-state index contributed by atoms with van der Waals surface area (Å²) in [6, 6.07) is 8.07. The second-order valence-corrected chi connectivity index (χ2v) is 5.63. The number of piperazine rings is 1. The van der Waals surface area contributed by atoms with Crippen molar-refractivity contribution < 1.29 is 9.53 Å². The van der Waals surface area contributed by atoms with Gasteiger partial charge in [-0.15, -0.1) is 0 Å². The van der Waals surface area contributed by atoms with Crippen LogP contribution in [0.15, 0.2) is 24.3 Å². The second-order valence-electron chi connectivity index (χ2n) is 5.63. The number of hydrogen-bond donors (Lipinski definition) is 1. The Bertz CT molecular complexity index is 463. The Morgan fingerprint density at radius 1 is 1.05 bits per heavy atom. The summed E-state index contributed by atoms with van der Waals surface area (Å²) < 4.78 is 5.36. The summed E-state index contributed by atoms with van der Waals surface area (Å²) >= 11 is 0. The van der Waals surface area contributed by atoms with Crippen LogP contribution in [-0.4, -0.2) is 68.2 Å². The molecule has 0 unspecified atom stereocenters. The molecule has 21 heavy (non-hydrogen) atoms. The summed E-state index contributed by atoms with van der Waals surface area (Å²) in [6.07, 6.45) is 0. The van der Waals surface area contributed by atoms with Gasteiger partial charge in [-0.2, -0.15) is 0 Å². The van der Waals surface area contributed by atoms with E-state index in [1.807, 2.05) is 17.0 Å². The van der Waals surface area contributed by atoms with Crippen LogP contribution in [0.4, 0.5) is 0 Å². The van der Waals surface area contributed by atoms with Crippen LogP contribution in [0.1, 0.15) is 15.9 Å². The maximum absolute atomic E-state index is 12.4. The molecule has 0 radical (unpaired) electrons. The Hall–Kier alpha value is -1.43. The zero-order valence-corrected chi connectivity index (χ0v) is 12.4. The molecule has 0 saturated carbocycles. The lowest BCUT2D eigenvalue weighted by atomic mass is 10.1. The Morgan fingerprint density at radius 3 is 2.38 bits per heavy atom. The van der Waals surface area contributed by atoms with E-state index in [-0.39, 0.29) is 5.91 Å². The van der Waals surface area contributed by atoms with Crippen LogP contribution in [-0.2, 0) is 11.3 Å². The van der Waals surface area contributed by atoms with Crippen LogP contribution in [0.25, 0.3) is 0 Å². The average molecular weight is 289 g/mol. The third-order valence-electron chi connectivity index (χ3n) is 4.11. The zero-order chi connectivity index (χ0) is 14.5. The van der Waals surface area contributed by atoms with Crippen molar-refractivity contribution in [2.45, 2.75) is 6.54 Å². The van der Waals surface area contributed by atoms with Gasteiger partial charge in [-0.3, -0.25) is 9.69 Å². The summed E-state index contributed by atoms with van der Waals surface area (Å²) in [5.41, 5.74) is 2.05. The summed E-state index contributed by atoms with van der Waals surface area (Å²) in [6.45, 7) is 7.93. The molecule has 2 aliphatic heterocycles. The standard InChI is InChI=1S/C16H23N3O2/c20-16(19-7-5-17-6-8-19)15-3-1-14(2-4-15)13-18-9-11-21-12-10-18/h1-4,17H,5-13H2. The van der Waals surface area contributed by atoms with Gasteiger partial charge >= 0.3 is 0 Å². The lowest BCUT2D eigenvalue weighted by Gasteiger charge is -2.28. The first kappa shape index (κ1) is 14.5. The molecule has 1 amide bonds. The fourth-order valence-corrected chi connectivity index (χ4v) is 2.82. The van der Waals surface area contributed by atoms with Crippen LogP contribution in [0.3, 0.4) is 0 Å². The molecule has 3 rings (SSSR count). The molecular weight excluding hydrogens is 266 g/mol. The molecule has 2 saturated heterocycles. The first-order valence-electron chi connectivity index (χ1n) is 7.72. The molecule has 1 aromatic rings. The van der Waals surface area contributed by atoms with Gasteiger partial charge in [-0.1, -0.05) is 12.1 Å². The lowest BCUT2D eigenvalue weighted by Crippen LogP contribution is -2.46. The molecule has 0 spiro atoms. The van der Waals surface area contributed by atoms with E-state index in [1.54, 1.807) is 0 Å². The molecule has 2 aliphatic rings. The van der Waals surface area contributed by atoms with Crippen LogP contribution in [0, 0.1) is 0 Å². The average Bonchev–Trinajstić information content (AvgIpc) is 2.57. The van der Waals surface area contributed by atoms with Gasteiger partial charge in [0.1, 0.15) is 0 Å². The van der Waals surface area contributed by atoms with Crippen LogP contribution in [0.5, 0.6) is 0 Å². The number of nitrogens with one attached hydrogen (secondary N) is 1. The van der Waals surface area contributed by atoms with Crippen LogP contribution < -0.4 is 5.32 Å². The van der Waals surface area contributed by atoms with E-state index in [0.29, 0.717) is 0 Å². The third-order valence-corrected chi connectivity index (χ3v) is 4.11. The molecular formula is C16H23N3O2. The third kappa shape index (κ3) is 3.81. The molecule has 5 nitrogen and oxygen atoms in total. The van der Waals surface area contributed by atoms with Crippen molar-refractivity contribution >= 4 is 5.91 Å². The molecule has 0 bridgehead atoms. The van der Waals surface area contributed by atoms with Crippen molar-refractivity contribution in [2.75, 3.05) is 52.5 Å². The molecule has 1 aromatic carbocycles. The summed E-state index contributed by atoms with van der Waals surface area (Å²) in [7, 11) is 0. The van der Waals surface area contributed by atoms with E-state index in [4.69, 9.17) is 4.74 Å². The molecule has 0 aliphatic carbocycles. The topological polar surface area (TPSA) is 44.8 Å². The van der Waals surface area contributed by atoms with Gasteiger partial charge in [0.2, 0.25) is 0 Å². The van der Waals surface area contributed by atoms with Crippen LogP contribution in [0.2, 0.25) is 0 Å². The molecule has 1 N–H and O–H groups in total. The number of benzene rings is 1. The molecule has 0 atom stereocenters. The highest BCUT2D eigenvalue weighted by molar-refractivity contribution is 5.94. The molecule has 114 valence electrons. The number of amides is 1. The Labute approximate surface area is 125 Å². The highest BCUT2D eigenvalue weighted by atomic mass is 16.5. The van der Waals surface area contributed by atoms with Crippen LogP contribution >= 0.6 is 0 Å². The van der Waals surface area contributed by atoms with Gasteiger partial charge in [-0.25, -0.2) is 0 Å². The van der Waals surface area contributed by atoms with Crippen molar-refractivity contribution in [3.05, 3.63) is 35.4 Å². The molecule has 5 heteroatoms. The van der Waals surface area contributed by atoms with Crippen molar-refractivity contribution in [2.24, 2.45) is 0 Å². The summed E-state index contributed by atoms with van der Waals surface area (Å²) in [5.74, 6) is 0.148. The number of hydrogen-bond acceptors (Lipinski definition) is 4. The normalized spacial score (nSPS) is 20.5. The minimum atomic E-state index is 0.148. The number of carbonyl (C=O) groups is 1. The van der Waals surface area contributed by atoms with E-state index >= 15 is 0 Å². The van der Waals surface area contributed by atoms with E-state index < -0.39 is 0 Å². The predicted molar refractivity (Wildman–Crippen MR) is 81.3 cm³/mol. The Kier molecular flexibility index (Phi) is 4.85. The smallest absolute Gasteiger partial charge is 0.253 e. The minimum Gasteiger partial charge on any atom is -0.379 e. The number of carbonyl (C=O) groups excluding carboxylic acids is 1. The number of morpholine rings is 1. The maximum Gasteiger partial charge on any atom is 0.253 e. The molecule has 2 fully saturated rings. The second kappa shape index (κ2) is 7.02. The van der Waals surface area contributed by atoms with Crippen molar-refractivity contribution in [1.82, 2.24) is 15.1 Å². The summed E-state index contributed by atoms with van der Waals surface area (Å²) in [5, 5.41) is 3.27. The molecule has 0 aromatic heterocycles. The number of rotatable bonds is 3. The fraction of sp³-hybridized carbons (Fsp3) is 0.562. The van der Waals surface area contributed by atoms with Crippen molar-refractivity contribution in [3.8, 4) is 0 Å². The minimum absolute atomic E-state index is 0.148. The largest absolute Gasteiger partial charge is 0.379 e. The number of nitrogens with zero attached hydrogens (tertiary/aromatic N) is 2. The van der Waals surface area contributed by atoms with E-state index in [2.05, 4.69) is 22.3 Å². The van der Waals surface area contributed by atoms with E-state index in [9.17, 15) is 4.79 Å². The van der Waals surface area contributed by atoms with Gasteiger partial charge in [0.25, 0.3) is 5.91 Å². The van der Waals surface area contributed by atoms with Crippen molar-refractivity contribution in [3.63, 3.8) is 0 Å². The monoisotopic (exact) mass is 289 g/mol. The first-order valence-corrected chi connectivity index (χ1v) is 7.72. The van der Waals surface area contributed by atoms with E-state index in [1.165, 1.54) is 5.56 Å². The predicted octanol–water partition coefficient (Wildman–Crippen LogP) is 0.564. The van der Waals surface area contributed by atoms with Crippen molar-refractivity contribution in [1.29, 1.82) is 0 Å². The maximum atomic E-state index is 12.4.